The third-order valence-electron chi connectivity index (χ3n) is 4.21. The lowest BCUT2D eigenvalue weighted by atomic mass is 10.1. The van der Waals surface area contributed by atoms with Gasteiger partial charge in [0.2, 0.25) is 5.91 Å². The average Bonchev–Trinajstić information content (AvgIpc) is 2.67. The van der Waals surface area contributed by atoms with E-state index in [1.54, 1.807) is 22.8 Å². The van der Waals surface area contributed by atoms with E-state index in [1.165, 1.54) is 24.0 Å². The minimum atomic E-state index is -0.326. The highest BCUT2D eigenvalue weighted by Gasteiger charge is 2.15. The van der Waals surface area contributed by atoms with Gasteiger partial charge in [0.25, 0.3) is 5.56 Å². The molecule has 158 valence electrons. The van der Waals surface area contributed by atoms with E-state index in [-0.39, 0.29) is 28.1 Å². The number of carbonyl (C=O) groups is 1. The molecule has 3 aromatic rings. The summed E-state index contributed by atoms with van der Waals surface area (Å²) in [4.78, 5) is 34.0. The SMILES string of the molecule is CC(C)CCn1c(SCC(=O)Nc2ncc(Cl)cc2Cl)nc2cc(Cl)ccc2c1=O. The third-order valence-corrected chi connectivity index (χ3v) is 5.92. The Bertz CT molecular complexity index is 1150. The van der Waals surface area contributed by atoms with Crippen LogP contribution in [0.2, 0.25) is 15.1 Å². The number of rotatable bonds is 7. The minimum Gasteiger partial charge on any atom is -0.309 e. The van der Waals surface area contributed by atoms with Crippen LogP contribution >= 0.6 is 46.6 Å². The summed E-state index contributed by atoms with van der Waals surface area (Å²) in [5.74, 6) is 0.340. The highest BCUT2D eigenvalue weighted by atomic mass is 35.5. The van der Waals surface area contributed by atoms with Crippen LogP contribution in [0.4, 0.5) is 5.82 Å². The van der Waals surface area contributed by atoms with Crippen molar-refractivity contribution in [1.82, 2.24) is 14.5 Å². The molecule has 0 spiro atoms. The predicted molar refractivity (Wildman–Crippen MR) is 124 cm³/mol. The molecule has 1 amide bonds. The predicted octanol–water partition coefficient (Wildman–Crippen LogP) is 5.53. The van der Waals surface area contributed by atoms with Crippen molar-refractivity contribution in [3.8, 4) is 0 Å². The van der Waals surface area contributed by atoms with Gasteiger partial charge in [-0.15, -0.1) is 0 Å². The lowest BCUT2D eigenvalue weighted by Gasteiger charge is -2.14. The molecular weight excluding hydrogens is 467 g/mol. The van der Waals surface area contributed by atoms with Gasteiger partial charge < -0.3 is 5.32 Å². The summed E-state index contributed by atoms with van der Waals surface area (Å²) in [6.45, 7) is 4.68. The maximum Gasteiger partial charge on any atom is 0.262 e. The molecule has 30 heavy (non-hydrogen) atoms. The Morgan fingerprint density at radius 2 is 1.97 bits per heavy atom. The van der Waals surface area contributed by atoms with Crippen LogP contribution in [0.3, 0.4) is 0 Å². The topological polar surface area (TPSA) is 76.9 Å². The van der Waals surface area contributed by atoms with Gasteiger partial charge in [0, 0.05) is 17.8 Å². The number of benzene rings is 1. The second-order valence-corrected chi connectivity index (χ2v) is 9.24. The Balaban J connectivity index is 1.84. The molecule has 0 saturated heterocycles. The smallest absolute Gasteiger partial charge is 0.262 e. The van der Waals surface area contributed by atoms with Gasteiger partial charge >= 0.3 is 0 Å². The molecule has 0 atom stereocenters. The van der Waals surface area contributed by atoms with E-state index in [4.69, 9.17) is 34.8 Å². The van der Waals surface area contributed by atoms with E-state index in [0.29, 0.717) is 38.6 Å². The van der Waals surface area contributed by atoms with Crippen LogP contribution in [0.15, 0.2) is 40.4 Å². The van der Waals surface area contributed by atoms with E-state index >= 15 is 0 Å². The van der Waals surface area contributed by atoms with Crippen LogP contribution in [-0.4, -0.2) is 26.2 Å². The highest BCUT2D eigenvalue weighted by molar-refractivity contribution is 7.99. The molecule has 0 fully saturated rings. The molecule has 2 heterocycles. The van der Waals surface area contributed by atoms with Crippen molar-refractivity contribution in [2.45, 2.75) is 32.0 Å². The van der Waals surface area contributed by atoms with Gasteiger partial charge in [0.1, 0.15) is 0 Å². The molecule has 0 unspecified atom stereocenters. The fraction of sp³-hybridized carbons (Fsp3) is 0.300. The molecule has 3 rings (SSSR count). The molecule has 1 aromatic carbocycles. The first-order valence-electron chi connectivity index (χ1n) is 9.18. The molecule has 0 aliphatic heterocycles. The van der Waals surface area contributed by atoms with Gasteiger partial charge in [0.05, 0.1) is 26.7 Å². The quantitative estimate of drug-likeness (QED) is 0.352. The number of aromatic nitrogens is 3. The number of nitrogens with one attached hydrogen (secondary N) is 1. The Labute approximate surface area is 192 Å². The van der Waals surface area contributed by atoms with Crippen molar-refractivity contribution in [2.75, 3.05) is 11.1 Å². The Morgan fingerprint density at radius 3 is 2.67 bits per heavy atom. The van der Waals surface area contributed by atoms with Crippen molar-refractivity contribution >= 4 is 69.2 Å². The summed E-state index contributed by atoms with van der Waals surface area (Å²) in [6.07, 6.45) is 2.21. The number of nitrogens with zero attached hydrogens (tertiary/aromatic N) is 3. The van der Waals surface area contributed by atoms with E-state index in [2.05, 4.69) is 29.1 Å². The third kappa shape index (κ3) is 5.66. The second kappa shape index (κ2) is 10.0. The van der Waals surface area contributed by atoms with Crippen LogP contribution in [0.1, 0.15) is 20.3 Å². The average molecular weight is 486 g/mol. The second-order valence-electron chi connectivity index (χ2n) is 7.02. The summed E-state index contributed by atoms with van der Waals surface area (Å²) >= 11 is 19.1. The minimum absolute atomic E-state index is 0.0286. The van der Waals surface area contributed by atoms with Crippen LogP contribution in [0.25, 0.3) is 10.9 Å². The molecule has 0 radical (unpaired) electrons. The Kier molecular flexibility index (Phi) is 7.63. The van der Waals surface area contributed by atoms with E-state index in [1.807, 2.05) is 0 Å². The zero-order valence-corrected chi connectivity index (χ0v) is 19.4. The largest absolute Gasteiger partial charge is 0.309 e. The van der Waals surface area contributed by atoms with Crippen molar-refractivity contribution in [1.29, 1.82) is 0 Å². The first-order chi connectivity index (χ1) is 14.2. The Morgan fingerprint density at radius 1 is 1.20 bits per heavy atom. The zero-order chi connectivity index (χ0) is 21.8. The van der Waals surface area contributed by atoms with Gasteiger partial charge in [-0.2, -0.15) is 0 Å². The summed E-state index contributed by atoms with van der Waals surface area (Å²) < 4.78 is 1.61. The van der Waals surface area contributed by atoms with Crippen molar-refractivity contribution in [2.24, 2.45) is 5.92 Å². The normalized spacial score (nSPS) is 11.3. The summed E-state index contributed by atoms with van der Waals surface area (Å²) in [6, 6.07) is 6.49. The number of carbonyl (C=O) groups excluding carboxylic acids is 1. The number of hydrogen-bond acceptors (Lipinski definition) is 5. The van der Waals surface area contributed by atoms with Crippen LogP contribution in [0.5, 0.6) is 0 Å². The molecule has 6 nitrogen and oxygen atoms in total. The van der Waals surface area contributed by atoms with Gasteiger partial charge in [0.15, 0.2) is 11.0 Å². The number of fused-ring (bicyclic) bond motifs is 1. The maximum absolute atomic E-state index is 13.0. The van der Waals surface area contributed by atoms with Crippen molar-refractivity contribution in [3.63, 3.8) is 0 Å². The first-order valence-corrected chi connectivity index (χ1v) is 11.3. The van der Waals surface area contributed by atoms with Crippen LogP contribution in [0, 0.1) is 5.92 Å². The number of amides is 1. The van der Waals surface area contributed by atoms with E-state index in [9.17, 15) is 9.59 Å². The fourth-order valence-corrected chi connectivity index (χ4v) is 4.09. The lowest BCUT2D eigenvalue weighted by molar-refractivity contribution is -0.113. The summed E-state index contributed by atoms with van der Waals surface area (Å²) in [7, 11) is 0. The zero-order valence-electron chi connectivity index (χ0n) is 16.3. The fourth-order valence-electron chi connectivity index (χ4n) is 2.67. The number of halogens is 3. The molecule has 0 aliphatic rings. The summed E-state index contributed by atoms with van der Waals surface area (Å²) in [5.41, 5.74) is 0.348. The number of anilines is 1. The molecule has 2 aromatic heterocycles. The highest BCUT2D eigenvalue weighted by Crippen LogP contribution is 2.24. The van der Waals surface area contributed by atoms with Gasteiger partial charge in [-0.25, -0.2) is 9.97 Å². The molecule has 0 bridgehead atoms. The van der Waals surface area contributed by atoms with Crippen LogP contribution in [-0.2, 0) is 11.3 Å². The molecule has 0 aliphatic carbocycles. The van der Waals surface area contributed by atoms with Crippen LogP contribution < -0.4 is 10.9 Å². The molecule has 0 saturated carbocycles. The van der Waals surface area contributed by atoms with Gasteiger partial charge in [-0.1, -0.05) is 60.4 Å². The molecular formula is C20H19Cl3N4O2S. The molecule has 1 N–H and O–H groups in total. The molecule has 10 heteroatoms. The van der Waals surface area contributed by atoms with E-state index < -0.39 is 0 Å². The number of hydrogen-bond donors (Lipinski definition) is 1. The lowest BCUT2D eigenvalue weighted by Crippen LogP contribution is -2.25. The van der Waals surface area contributed by atoms with Crippen molar-refractivity contribution in [3.05, 3.63) is 55.9 Å². The van der Waals surface area contributed by atoms with E-state index in [0.717, 1.165) is 6.42 Å². The first kappa shape index (κ1) is 22.9. The number of pyridine rings is 1. The monoisotopic (exact) mass is 484 g/mol. The van der Waals surface area contributed by atoms with Gasteiger partial charge in [-0.3, -0.25) is 14.2 Å². The Hall–Kier alpha value is -1.80. The number of thioether (sulfide) groups is 1. The van der Waals surface area contributed by atoms with Gasteiger partial charge in [-0.05, 0) is 36.6 Å². The standard InChI is InChI=1S/C20H19Cl3N4O2S/c1-11(2)5-6-27-19(29)14-4-3-12(21)8-16(14)25-20(27)30-10-17(28)26-18-15(23)7-13(22)9-24-18/h3-4,7-9,11H,5-6,10H2,1-2H3,(H,24,26,28). The van der Waals surface area contributed by atoms with Crippen molar-refractivity contribution < 1.29 is 4.79 Å². The maximum atomic E-state index is 13.0. The summed E-state index contributed by atoms with van der Waals surface area (Å²) in [5, 5.41) is 4.71.